The third kappa shape index (κ3) is 2.78. The van der Waals surface area contributed by atoms with Crippen LogP contribution in [-0.2, 0) is 4.79 Å². The molecule has 1 atom stereocenters. The number of carbonyl (C=O) groups is 1. The number of rotatable bonds is 5. The van der Waals surface area contributed by atoms with Crippen molar-refractivity contribution in [3.63, 3.8) is 0 Å². The van der Waals surface area contributed by atoms with E-state index in [0.717, 1.165) is 11.3 Å². The number of nitrogens with one attached hydrogen (secondary N) is 2. The highest BCUT2D eigenvalue weighted by Crippen LogP contribution is 2.36. The molecule has 3 rings (SSSR count). The maximum atomic E-state index is 12.7. The van der Waals surface area contributed by atoms with E-state index >= 15 is 0 Å². The van der Waals surface area contributed by atoms with E-state index in [0.29, 0.717) is 35.3 Å². The van der Waals surface area contributed by atoms with Crippen LogP contribution in [0.5, 0.6) is 11.5 Å². The zero-order valence-corrected chi connectivity index (χ0v) is 14.3. The summed E-state index contributed by atoms with van der Waals surface area (Å²) in [4.78, 5) is 14.3. The zero-order chi connectivity index (χ0) is 17.3. The lowest BCUT2D eigenvalue weighted by Gasteiger charge is -2.27. The lowest BCUT2D eigenvalue weighted by Crippen LogP contribution is -2.44. The first-order chi connectivity index (χ1) is 11.6. The molecule has 1 unspecified atom stereocenters. The Kier molecular flexibility index (Phi) is 4.59. The molecule has 2 aliphatic heterocycles. The van der Waals surface area contributed by atoms with E-state index in [1.165, 1.54) is 0 Å². The smallest absolute Gasteiger partial charge is 0.254 e. The minimum Gasteiger partial charge on any atom is -0.493 e. The zero-order valence-electron chi connectivity index (χ0n) is 13.5. The molecule has 0 radical (unpaired) electrons. The summed E-state index contributed by atoms with van der Waals surface area (Å²) >= 11 is 5.27. The number of hydrogen-bond acceptors (Lipinski definition) is 5. The van der Waals surface area contributed by atoms with E-state index in [-0.39, 0.29) is 18.6 Å². The number of carbonyl (C=O) groups excluding carboxylic acids is 1. The summed E-state index contributed by atoms with van der Waals surface area (Å²) in [6, 6.07) is 5.13. The molecule has 1 amide bonds. The average molecular weight is 349 g/mol. The van der Waals surface area contributed by atoms with Crippen molar-refractivity contribution in [2.24, 2.45) is 0 Å². The highest BCUT2D eigenvalue weighted by molar-refractivity contribution is 7.80. The molecular formula is C16H19N3O4S. The number of hydrogen-bond donors (Lipinski definition) is 3. The van der Waals surface area contributed by atoms with Crippen molar-refractivity contribution < 1.29 is 19.4 Å². The molecule has 3 N–H and O–H groups in total. The first-order valence-corrected chi connectivity index (χ1v) is 7.92. The Morgan fingerprint density at radius 3 is 2.75 bits per heavy atom. The van der Waals surface area contributed by atoms with Crippen LogP contribution >= 0.6 is 12.2 Å². The van der Waals surface area contributed by atoms with E-state index in [9.17, 15) is 4.79 Å². The monoisotopic (exact) mass is 349 g/mol. The van der Waals surface area contributed by atoms with Crippen LogP contribution in [0.3, 0.4) is 0 Å². The maximum Gasteiger partial charge on any atom is 0.254 e. The Morgan fingerprint density at radius 1 is 1.33 bits per heavy atom. The van der Waals surface area contributed by atoms with Crippen LogP contribution in [0.25, 0.3) is 0 Å². The Hall–Kier alpha value is -2.32. The van der Waals surface area contributed by atoms with Crippen LogP contribution < -0.4 is 20.1 Å². The number of amides is 1. The van der Waals surface area contributed by atoms with Gasteiger partial charge in [-0.2, -0.15) is 0 Å². The standard InChI is InChI=1S/C16H19N3O4S/c1-22-11-4-3-9(7-12(11)23-2)14-13-10(17-16(24)18-14)8-19(5-6-20)15(13)21/h3-4,7,14,20H,5-6,8H2,1-2H3,(H2,17,18,24). The highest BCUT2D eigenvalue weighted by Gasteiger charge is 2.39. The van der Waals surface area contributed by atoms with Crippen LogP contribution in [0.15, 0.2) is 29.5 Å². The number of aliphatic hydroxyl groups excluding tert-OH is 1. The molecule has 0 saturated heterocycles. The van der Waals surface area contributed by atoms with Crippen LogP contribution in [0.4, 0.5) is 0 Å². The van der Waals surface area contributed by atoms with Gasteiger partial charge in [0.05, 0.1) is 39.0 Å². The van der Waals surface area contributed by atoms with Crippen molar-refractivity contribution in [2.45, 2.75) is 6.04 Å². The summed E-state index contributed by atoms with van der Waals surface area (Å²) in [6.07, 6.45) is 0. The first-order valence-electron chi connectivity index (χ1n) is 7.51. The van der Waals surface area contributed by atoms with Crippen molar-refractivity contribution in [3.05, 3.63) is 35.0 Å². The van der Waals surface area contributed by atoms with Gasteiger partial charge in [0.1, 0.15) is 0 Å². The van der Waals surface area contributed by atoms with Gasteiger partial charge in [-0.3, -0.25) is 4.79 Å². The van der Waals surface area contributed by atoms with Gasteiger partial charge in [0.15, 0.2) is 16.6 Å². The summed E-state index contributed by atoms with van der Waals surface area (Å²) < 4.78 is 10.6. The van der Waals surface area contributed by atoms with Gasteiger partial charge in [-0.05, 0) is 29.9 Å². The van der Waals surface area contributed by atoms with Gasteiger partial charge < -0.3 is 30.1 Å². The van der Waals surface area contributed by atoms with E-state index < -0.39 is 0 Å². The van der Waals surface area contributed by atoms with Crippen molar-refractivity contribution >= 4 is 23.2 Å². The molecule has 0 saturated carbocycles. The fraction of sp³-hybridized carbons (Fsp3) is 0.375. The third-order valence-corrected chi connectivity index (χ3v) is 4.35. The predicted molar refractivity (Wildman–Crippen MR) is 91.8 cm³/mol. The average Bonchev–Trinajstić information content (AvgIpc) is 2.89. The topological polar surface area (TPSA) is 83.1 Å². The van der Waals surface area contributed by atoms with Gasteiger partial charge in [0, 0.05) is 12.2 Å². The van der Waals surface area contributed by atoms with Crippen molar-refractivity contribution in [1.82, 2.24) is 15.5 Å². The molecule has 2 aliphatic rings. The van der Waals surface area contributed by atoms with Gasteiger partial charge in [-0.15, -0.1) is 0 Å². The summed E-state index contributed by atoms with van der Waals surface area (Å²) in [5.74, 6) is 1.09. The largest absolute Gasteiger partial charge is 0.493 e. The van der Waals surface area contributed by atoms with Crippen molar-refractivity contribution in [3.8, 4) is 11.5 Å². The lowest BCUT2D eigenvalue weighted by atomic mass is 9.96. The van der Waals surface area contributed by atoms with Gasteiger partial charge >= 0.3 is 0 Å². The quantitative estimate of drug-likeness (QED) is 0.660. The molecule has 0 aromatic heterocycles. The Balaban J connectivity index is 1.99. The van der Waals surface area contributed by atoms with Crippen LogP contribution in [0, 0.1) is 0 Å². The van der Waals surface area contributed by atoms with Gasteiger partial charge in [0.25, 0.3) is 5.91 Å². The molecule has 128 valence electrons. The number of ether oxygens (including phenoxy) is 2. The summed E-state index contributed by atoms with van der Waals surface area (Å²) in [7, 11) is 3.14. The third-order valence-electron chi connectivity index (χ3n) is 4.13. The molecule has 0 aliphatic carbocycles. The Morgan fingerprint density at radius 2 is 2.08 bits per heavy atom. The fourth-order valence-corrected chi connectivity index (χ4v) is 3.25. The Labute approximate surface area is 145 Å². The molecule has 2 heterocycles. The minimum atomic E-state index is -0.371. The van der Waals surface area contributed by atoms with Gasteiger partial charge in [-0.1, -0.05) is 6.07 Å². The van der Waals surface area contributed by atoms with Gasteiger partial charge in [0.2, 0.25) is 0 Å². The normalized spacial score (nSPS) is 19.8. The molecular weight excluding hydrogens is 330 g/mol. The molecule has 0 bridgehead atoms. The predicted octanol–water partition coefficient (Wildman–Crippen LogP) is 0.311. The fourth-order valence-electron chi connectivity index (χ4n) is 3.01. The maximum absolute atomic E-state index is 12.7. The van der Waals surface area contributed by atoms with E-state index in [4.69, 9.17) is 26.8 Å². The number of nitrogens with zero attached hydrogens (tertiary/aromatic N) is 1. The van der Waals surface area contributed by atoms with Crippen LogP contribution in [0.2, 0.25) is 0 Å². The second-order valence-corrected chi connectivity index (χ2v) is 5.90. The molecule has 0 spiro atoms. The number of methoxy groups -OCH3 is 2. The second-order valence-electron chi connectivity index (χ2n) is 5.49. The summed E-state index contributed by atoms with van der Waals surface area (Å²) in [5, 5.41) is 15.8. The molecule has 8 heteroatoms. The molecule has 7 nitrogen and oxygen atoms in total. The van der Waals surface area contributed by atoms with Crippen molar-refractivity contribution in [1.29, 1.82) is 0 Å². The second kappa shape index (κ2) is 6.66. The van der Waals surface area contributed by atoms with E-state index in [2.05, 4.69) is 10.6 Å². The molecule has 0 fully saturated rings. The van der Waals surface area contributed by atoms with Crippen molar-refractivity contribution in [2.75, 3.05) is 33.9 Å². The Bertz CT molecular complexity index is 719. The van der Waals surface area contributed by atoms with Crippen LogP contribution in [-0.4, -0.2) is 54.9 Å². The highest BCUT2D eigenvalue weighted by atomic mass is 32.1. The SMILES string of the molecule is COc1ccc(C2NC(=S)NC3=C2C(=O)N(CCO)C3)cc1OC. The molecule has 1 aromatic rings. The molecule has 1 aromatic carbocycles. The first kappa shape index (κ1) is 16.5. The number of aliphatic hydroxyl groups is 1. The number of thiocarbonyl (C=S) groups is 1. The van der Waals surface area contributed by atoms with E-state index in [1.807, 2.05) is 12.1 Å². The number of β-amino-alcohol motifs (C(OH)–C–C–N with tert-alkyl or cyclic N) is 1. The molecule has 24 heavy (non-hydrogen) atoms. The summed E-state index contributed by atoms with van der Waals surface area (Å²) in [6.45, 7) is 0.629. The minimum absolute atomic E-state index is 0.0782. The summed E-state index contributed by atoms with van der Waals surface area (Å²) in [5.41, 5.74) is 2.24. The lowest BCUT2D eigenvalue weighted by molar-refractivity contribution is -0.126. The number of benzene rings is 1. The van der Waals surface area contributed by atoms with Crippen LogP contribution in [0.1, 0.15) is 11.6 Å². The van der Waals surface area contributed by atoms with Gasteiger partial charge in [-0.25, -0.2) is 0 Å². The van der Waals surface area contributed by atoms with E-state index in [1.54, 1.807) is 25.2 Å².